The predicted octanol–water partition coefficient (Wildman–Crippen LogP) is 1.78. The lowest BCUT2D eigenvalue weighted by Crippen LogP contribution is -2.22. The van der Waals surface area contributed by atoms with Crippen LogP contribution in [0.4, 0.5) is 0 Å². The zero-order valence-electron chi connectivity index (χ0n) is 14.5. The Balaban J connectivity index is 2.03. The number of thiazole rings is 1. The van der Waals surface area contributed by atoms with Crippen LogP contribution in [0.2, 0.25) is 0 Å². The summed E-state index contributed by atoms with van der Waals surface area (Å²) in [6.07, 6.45) is 0.176. The molecule has 0 fully saturated rings. The Hall–Kier alpha value is -2.10. The SMILES string of the molecule is C/C(=N/NC(=O)Cc1nc(C)cs1)c1ccc(S(=O)(=O)N(C)C)cc1. The van der Waals surface area contributed by atoms with Gasteiger partial charge in [0.2, 0.25) is 15.9 Å². The maximum Gasteiger partial charge on any atom is 0.246 e. The molecule has 2 aromatic rings. The average Bonchev–Trinajstić information content (AvgIpc) is 2.97. The van der Waals surface area contributed by atoms with Crippen LogP contribution in [0.5, 0.6) is 0 Å². The van der Waals surface area contributed by atoms with Gasteiger partial charge in [-0.1, -0.05) is 12.1 Å². The van der Waals surface area contributed by atoms with Crippen molar-refractivity contribution in [1.29, 1.82) is 0 Å². The molecule has 1 heterocycles. The smallest absolute Gasteiger partial charge is 0.246 e. The number of nitrogens with zero attached hydrogens (tertiary/aromatic N) is 3. The molecule has 1 amide bonds. The van der Waals surface area contributed by atoms with Crippen LogP contribution >= 0.6 is 11.3 Å². The molecular weight excluding hydrogens is 360 g/mol. The minimum atomic E-state index is -3.46. The number of hydrogen-bond donors (Lipinski definition) is 1. The van der Waals surface area contributed by atoms with Crippen molar-refractivity contribution >= 4 is 33.0 Å². The second kappa shape index (κ2) is 7.85. The van der Waals surface area contributed by atoms with Crippen LogP contribution in [-0.4, -0.2) is 43.4 Å². The monoisotopic (exact) mass is 380 g/mol. The Labute approximate surface area is 151 Å². The highest BCUT2D eigenvalue weighted by atomic mass is 32.2. The van der Waals surface area contributed by atoms with Gasteiger partial charge >= 0.3 is 0 Å². The molecule has 7 nitrogen and oxygen atoms in total. The summed E-state index contributed by atoms with van der Waals surface area (Å²) >= 11 is 1.43. The predicted molar refractivity (Wildman–Crippen MR) is 98.2 cm³/mol. The van der Waals surface area contributed by atoms with E-state index in [1.54, 1.807) is 19.1 Å². The second-order valence-corrected chi connectivity index (χ2v) is 8.70. The molecule has 9 heteroatoms. The molecule has 0 aliphatic heterocycles. The quantitative estimate of drug-likeness (QED) is 0.611. The number of aryl methyl sites for hydroxylation is 1. The first-order chi connectivity index (χ1) is 11.7. The molecule has 1 aromatic carbocycles. The van der Waals surface area contributed by atoms with Crippen LogP contribution in [0.25, 0.3) is 0 Å². The van der Waals surface area contributed by atoms with Gasteiger partial charge in [-0.2, -0.15) is 5.10 Å². The van der Waals surface area contributed by atoms with Gasteiger partial charge in [0.05, 0.1) is 17.0 Å². The number of aromatic nitrogens is 1. The zero-order valence-corrected chi connectivity index (χ0v) is 16.1. The molecule has 134 valence electrons. The molecule has 0 radical (unpaired) electrons. The van der Waals surface area contributed by atoms with E-state index in [0.29, 0.717) is 5.71 Å². The Morgan fingerprint density at radius 2 is 1.92 bits per heavy atom. The Kier molecular flexibility index (Phi) is 6.04. The summed E-state index contributed by atoms with van der Waals surface area (Å²) in [5.74, 6) is -0.250. The topological polar surface area (TPSA) is 91.7 Å². The Morgan fingerprint density at radius 3 is 2.44 bits per heavy atom. The van der Waals surface area contributed by atoms with Gasteiger partial charge in [-0.25, -0.2) is 23.1 Å². The number of hydrogen-bond acceptors (Lipinski definition) is 6. The lowest BCUT2D eigenvalue weighted by molar-refractivity contribution is -0.120. The zero-order chi connectivity index (χ0) is 18.6. The van der Waals surface area contributed by atoms with Crippen LogP contribution in [-0.2, 0) is 21.2 Å². The maximum atomic E-state index is 12.0. The van der Waals surface area contributed by atoms with E-state index in [9.17, 15) is 13.2 Å². The van der Waals surface area contributed by atoms with Crippen LogP contribution in [0.1, 0.15) is 23.2 Å². The normalized spacial score (nSPS) is 12.4. The average molecular weight is 380 g/mol. The highest BCUT2D eigenvalue weighted by molar-refractivity contribution is 7.89. The van der Waals surface area contributed by atoms with Gasteiger partial charge in [-0.3, -0.25) is 4.79 Å². The number of sulfonamides is 1. The molecule has 0 aliphatic carbocycles. The molecule has 0 saturated heterocycles. The molecule has 25 heavy (non-hydrogen) atoms. The van der Waals surface area contributed by atoms with Crippen molar-refractivity contribution < 1.29 is 13.2 Å². The number of hydrazone groups is 1. The fourth-order valence-corrected chi connectivity index (χ4v) is 3.62. The molecule has 1 aromatic heterocycles. The van der Waals surface area contributed by atoms with E-state index in [0.717, 1.165) is 20.6 Å². The maximum absolute atomic E-state index is 12.0. The first-order valence-corrected chi connectivity index (χ1v) is 9.79. The van der Waals surface area contributed by atoms with E-state index in [1.165, 1.54) is 37.6 Å². The van der Waals surface area contributed by atoms with Crippen LogP contribution in [0.15, 0.2) is 39.6 Å². The molecule has 1 N–H and O–H groups in total. The van der Waals surface area contributed by atoms with Crippen LogP contribution in [0.3, 0.4) is 0 Å². The van der Waals surface area contributed by atoms with Crippen molar-refractivity contribution in [2.45, 2.75) is 25.2 Å². The van der Waals surface area contributed by atoms with Crippen LogP contribution in [0, 0.1) is 6.92 Å². The number of carbonyl (C=O) groups excluding carboxylic acids is 1. The molecule has 0 aliphatic rings. The van der Waals surface area contributed by atoms with E-state index < -0.39 is 10.0 Å². The van der Waals surface area contributed by atoms with Crippen molar-refractivity contribution in [3.8, 4) is 0 Å². The van der Waals surface area contributed by atoms with Gasteiger partial charge in [-0.15, -0.1) is 11.3 Å². The molecule has 2 rings (SSSR count). The number of amides is 1. The number of carbonyl (C=O) groups is 1. The number of benzene rings is 1. The van der Waals surface area contributed by atoms with Crippen molar-refractivity contribution in [2.24, 2.45) is 5.10 Å². The number of nitrogens with one attached hydrogen (secondary N) is 1. The van der Waals surface area contributed by atoms with Crippen molar-refractivity contribution in [2.75, 3.05) is 14.1 Å². The van der Waals surface area contributed by atoms with Gasteiger partial charge in [0, 0.05) is 25.2 Å². The van der Waals surface area contributed by atoms with Gasteiger partial charge < -0.3 is 0 Å². The third-order valence-electron chi connectivity index (χ3n) is 3.38. The standard InChI is InChI=1S/C16H20N4O3S2/c1-11-10-24-16(17-11)9-15(21)19-18-12(2)13-5-7-14(8-6-13)25(22,23)20(3)4/h5-8,10H,9H2,1-4H3,(H,19,21)/b18-12-. The van der Waals surface area contributed by atoms with Crippen molar-refractivity contribution in [3.63, 3.8) is 0 Å². The molecule has 0 atom stereocenters. The summed E-state index contributed by atoms with van der Waals surface area (Å²) in [6.45, 7) is 3.61. The summed E-state index contributed by atoms with van der Waals surface area (Å²) in [5, 5.41) is 6.68. The number of rotatable bonds is 6. The molecule has 0 spiro atoms. The molecule has 0 saturated carbocycles. The largest absolute Gasteiger partial charge is 0.273 e. The van der Waals surface area contributed by atoms with E-state index in [4.69, 9.17) is 0 Å². The van der Waals surface area contributed by atoms with E-state index >= 15 is 0 Å². The lowest BCUT2D eigenvalue weighted by atomic mass is 10.1. The summed E-state index contributed by atoms with van der Waals surface area (Å²) < 4.78 is 25.2. The highest BCUT2D eigenvalue weighted by Crippen LogP contribution is 2.14. The Bertz CT molecular complexity index is 884. The first kappa shape index (κ1) is 19.2. The van der Waals surface area contributed by atoms with E-state index in [1.807, 2.05) is 12.3 Å². The highest BCUT2D eigenvalue weighted by Gasteiger charge is 2.16. The third kappa shape index (κ3) is 4.94. The minimum absolute atomic E-state index is 0.176. The third-order valence-corrected chi connectivity index (χ3v) is 6.17. The van der Waals surface area contributed by atoms with Crippen molar-refractivity contribution in [1.82, 2.24) is 14.7 Å². The van der Waals surface area contributed by atoms with Crippen molar-refractivity contribution in [3.05, 3.63) is 45.9 Å². The fourth-order valence-electron chi connectivity index (χ4n) is 1.95. The van der Waals surface area contributed by atoms with Gasteiger partial charge in [0.25, 0.3) is 0 Å². The van der Waals surface area contributed by atoms with Gasteiger partial charge in [0.15, 0.2) is 0 Å². The first-order valence-electron chi connectivity index (χ1n) is 7.47. The Morgan fingerprint density at radius 1 is 1.28 bits per heavy atom. The molecular formula is C16H20N4O3S2. The molecule has 0 unspecified atom stereocenters. The summed E-state index contributed by atoms with van der Waals surface area (Å²) in [5.41, 5.74) is 4.69. The summed E-state index contributed by atoms with van der Waals surface area (Å²) in [6, 6.07) is 6.35. The van der Waals surface area contributed by atoms with Gasteiger partial charge in [-0.05, 0) is 31.5 Å². The fraction of sp³-hybridized carbons (Fsp3) is 0.312. The molecule has 0 bridgehead atoms. The van der Waals surface area contributed by atoms with Crippen LogP contribution < -0.4 is 5.43 Å². The minimum Gasteiger partial charge on any atom is -0.273 e. The lowest BCUT2D eigenvalue weighted by Gasteiger charge is -2.11. The van der Waals surface area contributed by atoms with Gasteiger partial charge in [0.1, 0.15) is 5.01 Å². The summed E-state index contributed by atoms with van der Waals surface area (Å²) in [4.78, 5) is 16.3. The van der Waals surface area contributed by atoms with E-state index in [-0.39, 0.29) is 17.2 Å². The second-order valence-electron chi connectivity index (χ2n) is 5.60. The summed E-state index contributed by atoms with van der Waals surface area (Å²) in [7, 11) is -0.497. The van der Waals surface area contributed by atoms with E-state index in [2.05, 4.69) is 15.5 Å².